The Kier molecular flexibility index (Phi) is 3.76. The van der Waals surface area contributed by atoms with Gasteiger partial charge in [0.1, 0.15) is 5.54 Å². The third kappa shape index (κ3) is 2.41. The van der Waals surface area contributed by atoms with E-state index in [4.69, 9.17) is 16.1 Å². The molecule has 3 N–H and O–H groups in total. The molecule has 0 aromatic heterocycles. The first-order chi connectivity index (χ1) is 7.78. The molecule has 1 aliphatic heterocycles. The van der Waals surface area contributed by atoms with Crippen LogP contribution in [0.1, 0.15) is 19.8 Å². The fourth-order valence-electron chi connectivity index (χ4n) is 1.74. The molecule has 1 fully saturated rings. The number of sulfonamides is 1. The third-order valence-electron chi connectivity index (χ3n) is 2.93. The van der Waals surface area contributed by atoms with Crippen LogP contribution in [0.2, 0.25) is 0 Å². The Labute approximate surface area is 99.9 Å². The van der Waals surface area contributed by atoms with Gasteiger partial charge in [-0.25, -0.2) is 8.42 Å². The Morgan fingerprint density at radius 1 is 1.71 bits per heavy atom. The zero-order chi connectivity index (χ0) is 13.3. The first kappa shape index (κ1) is 13.9. The maximum absolute atomic E-state index is 12.0. The topological polar surface area (TPSA) is 124 Å². The van der Waals surface area contributed by atoms with Crippen LogP contribution >= 0.6 is 0 Å². The summed E-state index contributed by atoms with van der Waals surface area (Å²) in [7, 11) is -3.78. The molecular formula is C9H15N3O4S. The summed E-state index contributed by atoms with van der Waals surface area (Å²) in [5.74, 6) is -1.22. The number of carboxylic acids is 1. The lowest BCUT2D eigenvalue weighted by atomic mass is 10.0. The second-order valence-corrected chi connectivity index (χ2v) is 6.23. The van der Waals surface area contributed by atoms with Crippen molar-refractivity contribution in [1.82, 2.24) is 4.31 Å². The van der Waals surface area contributed by atoms with Gasteiger partial charge in [-0.1, -0.05) is 6.92 Å². The highest BCUT2D eigenvalue weighted by molar-refractivity contribution is 7.90. The van der Waals surface area contributed by atoms with E-state index in [9.17, 15) is 13.2 Å². The molecule has 0 amide bonds. The predicted molar refractivity (Wildman–Crippen MR) is 59.4 cm³/mol. The second kappa shape index (κ2) is 4.60. The zero-order valence-electron chi connectivity index (χ0n) is 9.46. The normalized spacial score (nSPS) is 27.6. The molecule has 0 spiro atoms. The summed E-state index contributed by atoms with van der Waals surface area (Å²) >= 11 is 0. The van der Waals surface area contributed by atoms with Crippen molar-refractivity contribution in [2.24, 2.45) is 5.73 Å². The quantitative estimate of drug-likeness (QED) is 0.676. The first-order valence-corrected chi connectivity index (χ1v) is 6.69. The monoisotopic (exact) mass is 261 g/mol. The van der Waals surface area contributed by atoms with Crippen LogP contribution in [0, 0.1) is 11.3 Å². The lowest BCUT2D eigenvalue weighted by Crippen LogP contribution is -2.51. The molecule has 7 nitrogen and oxygen atoms in total. The molecule has 1 saturated heterocycles. The molecule has 1 heterocycles. The van der Waals surface area contributed by atoms with Crippen molar-refractivity contribution in [3.63, 3.8) is 0 Å². The van der Waals surface area contributed by atoms with E-state index in [1.807, 2.05) is 0 Å². The van der Waals surface area contributed by atoms with Gasteiger partial charge in [0.2, 0.25) is 10.0 Å². The smallest absolute Gasteiger partial charge is 0.325 e. The van der Waals surface area contributed by atoms with E-state index in [0.717, 1.165) is 4.31 Å². The Bertz CT molecular complexity index is 455. The minimum Gasteiger partial charge on any atom is -0.480 e. The molecular weight excluding hydrogens is 246 g/mol. The Morgan fingerprint density at radius 3 is 2.65 bits per heavy atom. The summed E-state index contributed by atoms with van der Waals surface area (Å²) < 4.78 is 24.9. The standard InChI is InChI=1S/C9H15N3O4S/c1-2-7(5-10)17(15,16)12-4-3-9(11,6-12)8(13)14/h7H,2-4,6,11H2,1H3,(H,13,14). The molecule has 2 unspecified atom stereocenters. The van der Waals surface area contributed by atoms with Crippen LogP contribution in [-0.4, -0.2) is 47.7 Å². The average molecular weight is 261 g/mol. The molecule has 0 aliphatic carbocycles. The molecule has 1 rings (SSSR count). The number of carbonyl (C=O) groups is 1. The van der Waals surface area contributed by atoms with E-state index in [0.29, 0.717) is 0 Å². The van der Waals surface area contributed by atoms with Crippen molar-refractivity contribution in [1.29, 1.82) is 5.26 Å². The van der Waals surface area contributed by atoms with Crippen LogP contribution in [0.25, 0.3) is 0 Å². The number of nitrogens with two attached hydrogens (primary N) is 1. The first-order valence-electron chi connectivity index (χ1n) is 5.19. The van der Waals surface area contributed by atoms with E-state index in [2.05, 4.69) is 0 Å². The van der Waals surface area contributed by atoms with Crippen molar-refractivity contribution in [2.45, 2.75) is 30.6 Å². The number of aliphatic carboxylic acids is 1. The highest BCUT2D eigenvalue weighted by atomic mass is 32.2. The number of hydrogen-bond donors (Lipinski definition) is 2. The summed E-state index contributed by atoms with van der Waals surface area (Å²) in [6.07, 6.45) is 0.226. The van der Waals surface area contributed by atoms with Gasteiger partial charge < -0.3 is 10.8 Å². The van der Waals surface area contributed by atoms with Crippen molar-refractivity contribution in [3.8, 4) is 6.07 Å². The van der Waals surface area contributed by atoms with Crippen LogP contribution in [0.4, 0.5) is 0 Å². The average Bonchev–Trinajstić information content (AvgIpc) is 2.64. The van der Waals surface area contributed by atoms with Crippen LogP contribution in [-0.2, 0) is 14.8 Å². The molecule has 1 aliphatic rings. The number of hydrogen-bond acceptors (Lipinski definition) is 5. The lowest BCUT2D eigenvalue weighted by Gasteiger charge is -2.21. The van der Waals surface area contributed by atoms with Crippen LogP contribution < -0.4 is 5.73 Å². The SMILES string of the molecule is CCC(C#N)S(=O)(=O)N1CCC(N)(C(=O)O)C1. The molecule has 0 radical (unpaired) electrons. The van der Waals surface area contributed by atoms with Crippen LogP contribution in [0.3, 0.4) is 0 Å². The molecule has 96 valence electrons. The van der Waals surface area contributed by atoms with E-state index < -0.39 is 26.8 Å². The highest BCUT2D eigenvalue weighted by Crippen LogP contribution is 2.24. The zero-order valence-corrected chi connectivity index (χ0v) is 10.3. The molecule has 8 heteroatoms. The van der Waals surface area contributed by atoms with Gasteiger partial charge in [-0.05, 0) is 12.8 Å². The van der Waals surface area contributed by atoms with Crippen molar-refractivity contribution >= 4 is 16.0 Å². The van der Waals surface area contributed by atoms with E-state index in [-0.39, 0.29) is 25.9 Å². The summed E-state index contributed by atoms with van der Waals surface area (Å²) in [6, 6.07) is 1.71. The molecule has 2 atom stereocenters. The van der Waals surface area contributed by atoms with E-state index >= 15 is 0 Å². The Balaban J connectivity index is 2.93. The molecule has 0 saturated carbocycles. The minimum absolute atomic E-state index is 0.0450. The summed E-state index contributed by atoms with van der Waals surface area (Å²) in [5, 5.41) is 16.5. The van der Waals surface area contributed by atoms with Gasteiger partial charge in [0.25, 0.3) is 0 Å². The van der Waals surface area contributed by atoms with E-state index in [1.165, 1.54) is 0 Å². The number of carboxylic acid groups (broad SMARTS) is 1. The van der Waals surface area contributed by atoms with Gasteiger partial charge in [0, 0.05) is 13.1 Å². The second-order valence-electron chi connectivity index (χ2n) is 4.12. The fraction of sp³-hybridized carbons (Fsp3) is 0.778. The maximum Gasteiger partial charge on any atom is 0.325 e. The Hall–Kier alpha value is -1.17. The van der Waals surface area contributed by atoms with Gasteiger partial charge in [0.15, 0.2) is 5.25 Å². The molecule has 0 aromatic rings. The molecule has 0 bridgehead atoms. The summed E-state index contributed by atoms with van der Waals surface area (Å²) in [4.78, 5) is 10.9. The van der Waals surface area contributed by atoms with Crippen LogP contribution in [0.15, 0.2) is 0 Å². The number of nitriles is 1. The van der Waals surface area contributed by atoms with Crippen molar-refractivity contribution in [2.75, 3.05) is 13.1 Å². The molecule has 0 aromatic carbocycles. The number of rotatable bonds is 4. The number of nitrogens with zero attached hydrogens (tertiary/aromatic N) is 2. The van der Waals surface area contributed by atoms with Gasteiger partial charge in [-0.3, -0.25) is 4.79 Å². The van der Waals surface area contributed by atoms with Gasteiger partial charge in [0.05, 0.1) is 6.07 Å². The lowest BCUT2D eigenvalue weighted by molar-refractivity contribution is -0.142. The third-order valence-corrected chi connectivity index (χ3v) is 5.12. The minimum atomic E-state index is -3.78. The van der Waals surface area contributed by atoms with Crippen molar-refractivity contribution < 1.29 is 18.3 Å². The van der Waals surface area contributed by atoms with E-state index in [1.54, 1.807) is 13.0 Å². The maximum atomic E-state index is 12.0. The van der Waals surface area contributed by atoms with Gasteiger partial charge in [-0.15, -0.1) is 0 Å². The highest BCUT2D eigenvalue weighted by Gasteiger charge is 2.46. The van der Waals surface area contributed by atoms with Crippen LogP contribution in [0.5, 0.6) is 0 Å². The Morgan fingerprint density at radius 2 is 2.29 bits per heavy atom. The van der Waals surface area contributed by atoms with Crippen molar-refractivity contribution in [3.05, 3.63) is 0 Å². The summed E-state index contributed by atoms with van der Waals surface area (Å²) in [5.41, 5.74) is 4.04. The molecule has 17 heavy (non-hydrogen) atoms. The van der Waals surface area contributed by atoms with Gasteiger partial charge >= 0.3 is 5.97 Å². The predicted octanol–water partition coefficient (Wildman–Crippen LogP) is -0.894. The summed E-state index contributed by atoms with van der Waals surface area (Å²) in [6.45, 7) is 1.36. The van der Waals surface area contributed by atoms with Gasteiger partial charge in [-0.2, -0.15) is 9.57 Å². The largest absolute Gasteiger partial charge is 0.480 e. The fourth-order valence-corrected chi connectivity index (χ4v) is 3.41.